The molecule has 0 aliphatic heterocycles. The monoisotopic (exact) mass is 312 g/mol. The van der Waals surface area contributed by atoms with Crippen LogP contribution in [-0.4, -0.2) is 18.3 Å². The first-order valence-corrected chi connectivity index (χ1v) is 7.50. The zero-order valence-corrected chi connectivity index (χ0v) is 12.4. The van der Waals surface area contributed by atoms with Crippen molar-refractivity contribution < 1.29 is 9.84 Å². The molecule has 2 atom stereocenters. The van der Waals surface area contributed by atoms with E-state index in [4.69, 9.17) is 4.74 Å². The zero-order chi connectivity index (χ0) is 13.0. The van der Waals surface area contributed by atoms with E-state index < -0.39 is 0 Å². The molecule has 0 radical (unpaired) electrons. The van der Waals surface area contributed by atoms with Crippen molar-refractivity contribution >= 4 is 15.9 Å². The van der Waals surface area contributed by atoms with E-state index in [2.05, 4.69) is 22.0 Å². The minimum atomic E-state index is -0.156. The predicted octanol–water partition coefficient (Wildman–Crippen LogP) is 3.94. The first-order chi connectivity index (χ1) is 8.70. The van der Waals surface area contributed by atoms with Crippen LogP contribution >= 0.6 is 15.9 Å². The molecule has 0 saturated heterocycles. The Morgan fingerprint density at radius 1 is 1.28 bits per heavy atom. The minimum absolute atomic E-state index is 0.156. The van der Waals surface area contributed by atoms with Crippen LogP contribution in [0.15, 0.2) is 22.7 Å². The van der Waals surface area contributed by atoms with Gasteiger partial charge in [0, 0.05) is 4.47 Å². The molecule has 2 nitrogen and oxygen atoms in total. The fourth-order valence-electron chi connectivity index (χ4n) is 2.79. The summed E-state index contributed by atoms with van der Waals surface area (Å²) in [5.74, 6) is 1.30. The van der Waals surface area contributed by atoms with E-state index in [0.717, 1.165) is 35.9 Å². The third-order valence-corrected chi connectivity index (χ3v) is 4.34. The number of aliphatic hydroxyl groups is 1. The summed E-state index contributed by atoms with van der Waals surface area (Å²) in [5, 5.41) is 10.2. The molecule has 1 fully saturated rings. The molecule has 0 aromatic heterocycles. The van der Waals surface area contributed by atoms with Gasteiger partial charge in [-0.1, -0.05) is 35.2 Å². The summed E-state index contributed by atoms with van der Waals surface area (Å²) < 4.78 is 6.48. The Balaban J connectivity index is 2.13. The van der Waals surface area contributed by atoms with Crippen molar-refractivity contribution in [2.75, 3.05) is 7.11 Å². The normalized spacial score (nSPS) is 24.6. The Kier molecular flexibility index (Phi) is 5.07. The van der Waals surface area contributed by atoms with E-state index in [1.54, 1.807) is 7.11 Å². The van der Waals surface area contributed by atoms with Gasteiger partial charge in [0.1, 0.15) is 5.75 Å². The Hall–Kier alpha value is -0.540. The van der Waals surface area contributed by atoms with E-state index in [1.807, 2.05) is 12.1 Å². The Labute approximate surface area is 117 Å². The third kappa shape index (κ3) is 3.48. The molecule has 0 bridgehead atoms. The number of hydrogen-bond acceptors (Lipinski definition) is 2. The Bertz CT molecular complexity index is 392. The van der Waals surface area contributed by atoms with Crippen LogP contribution in [0.5, 0.6) is 5.75 Å². The quantitative estimate of drug-likeness (QED) is 0.857. The second-order valence-corrected chi connectivity index (χ2v) is 6.04. The molecule has 1 aliphatic carbocycles. The van der Waals surface area contributed by atoms with Crippen LogP contribution in [0.2, 0.25) is 0 Å². The van der Waals surface area contributed by atoms with E-state index in [0.29, 0.717) is 5.92 Å². The van der Waals surface area contributed by atoms with Crippen LogP contribution in [0, 0.1) is 5.92 Å². The molecule has 0 amide bonds. The number of ether oxygens (including phenoxy) is 1. The van der Waals surface area contributed by atoms with Gasteiger partial charge in [0.15, 0.2) is 0 Å². The smallest absolute Gasteiger partial charge is 0.122 e. The van der Waals surface area contributed by atoms with Crippen molar-refractivity contribution in [3.63, 3.8) is 0 Å². The van der Waals surface area contributed by atoms with E-state index in [9.17, 15) is 5.11 Å². The van der Waals surface area contributed by atoms with Crippen LogP contribution in [0.25, 0.3) is 0 Å². The maximum absolute atomic E-state index is 10.2. The Morgan fingerprint density at radius 3 is 2.83 bits per heavy atom. The highest BCUT2D eigenvalue weighted by molar-refractivity contribution is 9.10. The second kappa shape index (κ2) is 6.58. The van der Waals surface area contributed by atoms with Crippen LogP contribution in [0.3, 0.4) is 0 Å². The highest BCUT2D eigenvalue weighted by Crippen LogP contribution is 2.31. The first-order valence-electron chi connectivity index (χ1n) is 6.71. The van der Waals surface area contributed by atoms with E-state index >= 15 is 0 Å². The lowest BCUT2D eigenvalue weighted by Crippen LogP contribution is -2.21. The summed E-state index contributed by atoms with van der Waals surface area (Å²) in [6.07, 6.45) is 6.46. The number of benzene rings is 1. The van der Waals surface area contributed by atoms with Gasteiger partial charge in [0.25, 0.3) is 0 Å². The van der Waals surface area contributed by atoms with Crippen LogP contribution in [0.1, 0.15) is 37.7 Å². The van der Waals surface area contributed by atoms with Gasteiger partial charge in [0.2, 0.25) is 0 Å². The SMILES string of the molecule is COc1ccc(Br)cc1CC1CCCCCC1O. The van der Waals surface area contributed by atoms with Gasteiger partial charge < -0.3 is 9.84 Å². The molecule has 0 heterocycles. The summed E-state index contributed by atoms with van der Waals surface area (Å²) in [6, 6.07) is 6.09. The molecule has 1 saturated carbocycles. The van der Waals surface area contributed by atoms with E-state index in [-0.39, 0.29) is 6.10 Å². The average Bonchev–Trinajstić information content (AvgIpc) is 2.55. The molecule has 1 N–H and O–H groups in total. The van der Waals surface area contributed by atoms with Crippen LogP contribution < -0.4 is 4.74 Å². The van der Waals surface area contributed by atoms with Crippen molar-refractivity contribution in [2.45, 2.75) is 44.6 Å². The van der Waals surface area contributed by atoms with Crippen molar-refractivity contribution in [2.24, 2.45) is 5.92 Å². The second-order valence-electron chi connectivity index (χ2n) is 5.13. The Morgan fingerprint density at radius 2 is 2.06 bits per heavy atom. The lowest BCUT2D eigenvalue weighted by atomic mass is 9.90. The molecular weight excluding hydrogens is 292 g/mol. The van der Waals surface area contributed by atoms with Crippen molar-refractivity contribution in [1.82, 2.24) is 0 Å². The molecular formula is C15H21BrO2. The van der Waals surface area contributed by atoms with Crippen molar-refractivity contribution in [3.8, 4) is 5.75 Å². The third-order valence-electron chi connectivity index (χ3n) is 3.84. The van der Waals surface area contributed by atoms with Gasteiger partial charge in [-0.2, -0.15) is 0 Å². The van der Waals surface area contributed by atoms with Gasteiger partial charge in [-0.25, -0.2) is 0 Å². The molecule has 100 valence electrons. The topological polar surface area (TPSA) is 29.5 Å². The highest BCUT2D eigenvalue weighted by atomic mass is 79.9. The molecule has 2 rings (SSSR count). The molecule has 1 aromatic rings. The van der Waals surface area contributed by atoms with Crippen molar-refractivity contribution in [1.29, 1.82) is 0 Å². The first kappa shape index (κ1) is 13.9. The predicted molar refractivity (Wildman–Crippen MR) is 77.0 cm³/mol. The van der Waals surface area contributed by atoms with E-state index in [1.165, 1.54) is 18.4 Å². The van der Waals surface area contributed by atoms with Gasteiger partial charge in [-0.3, -0.25) is 0 Å². The summed E-state index contributed by atoms with van der Waals surface area (Å²) in [5.41, 5.74) is 1.19. The van der Waals surface area contributed by atoms with Gasteiger partial charge in [0.05, 0.1) is 13.2 Å². The van der Waals surface area contributed by atoms with Gasteiger partial charge in [-0.15, -0.1) is 0 Å². The summed E-state index contributed by atoms with van der Waals surface area (Å²) in [4.78, 5) is 0. The molecule has 2 unspecified atom stereocenters. The minimum Gasteiger partial charge on any atom is -0.496 e. The van der Waals surface area contributed by atoms with Crippen molar-refractivity contribution in [3.05, 3.63) is 28.2 Å². The number of hydrogen-bond donors (Lipinski definition) is 1. The fraction of sp³-hybridized carbons (Fsp3) is 0.600. The standard InChI is InChI=1S/C15H21BrO2/c1-18-15-8-7-13(16)10-12(15)9-11-5-3-2-4-6-14(11)17/h7-8,10-11,14,17H,2-6,9H2,1H3. The molecule has 3 heteroatoms. The maximum Gasteiger partial charge on any atom is 0.122 e. The average molecular weight is 313 g/mol. The number of methoxy groups -OCH3 is 1. The maximum atomic E-state index is 10.2. The number of rotatable bonds is 3. The lowest BCUT2D eigenvalue weighted by molar-refractivity contribution is 0.100. The summed E-state index contributed by atoms with van der Waals surface area (Å²) in [7, 11) is 1.70. The van der Waals surface area contributed by atoms with Crippen LogP contribution in [0.4, 0.5) is 0 Å². The summed E-state index contributed by atoms with van der Waals surface area (Å²) in [6.45, 7) is 0. The number of aliphatic hydroxyl groups excluding tert-OH is 1. The lowest BCUT2D eigenvalue weighted by Gasteiger charge is -2.21. The zero-order valence-electron chi connectivity index (χ0n) is 10.9. The molecule has 1 aliphatic rings. The molecule has 0 spiro atoms. The fourth-order valence-corrected chi connectivity index (χ4v) is 3.20. The number of halogens is 1. The largest absolute Gasteiger partial charge is 0.496 e. The highest BCUT2D eigenvalue weighted by Gasteiger charge is 2.23. The molecule has 1 aromatic carbocycles. The van der Waals surface area contributed by atoms with Crippen LogP contribution in [-0.2, 0) is 6.42 Å². The molecule has 18 heavy (non-hydrogen) atoms. The summed E-state index contributed by atoms with van der Waals surface area (Å²) >= 11 is 3.50. The van der Waals surface area contributed by atoms with Gasteiger partial charge in [-0.05, 0) is 48.9 Å². The van der Waals surface area contributed by atoms with Gasteiger partial charge >= 0.3 is 0 Å².